The van der Waals surface area contributed by atoms with Gasteiger partial charge in [-0.3, -0.25) is 0 Å². The molecule has 156 valence electrons. The molecule has 0 spiro atoms. The van der Waals surface area contributed by atoms with Gasteiger partial charge in [-0.15, -0.1) is 0 Å². The highest BCUT2D eigenvalue weighted by Crippen LogP contribution is 2.16. The number of fused-ring (bicyclic) bond motifs is 1. The molecular formula is C25H32O4. The first-order valence-corrected chi connectivity index (χ1v) is 10.6. The summed E-state index contributed by atoms with van der Waals surface area (Å²) in [7, 11) is 0. The standard InChI is InChI=1S/C25H32O4/c1-20(2)24(26)28-17-11-7-5-3-4-6-8-12-18-29-25(27)23-16-15-21-13-9-10-14-22(21)19-23/h9-10,13-16,19H,1,3-8,11-12,17-18H2,2H3. The van der Waals surface area contributed by atoms with Crippen molar-refractivity contribution < 1.29 is 19.1 Å². The predicted octanol–water partition coefficient (Wildman–Crippen LogP) is 6.24. The van der Waals surface area contributed by atoms with Crippen LogP contribution in [0, 0.1) is 0 Å². The van der Waals surface area contributed by atoms with E-state index in [1.807, 2.05) is 42.5 Å². The van der Waals surface area contributed by atoms with Crippen LogP contribution in [0.5, 0.6) is 0 Å². The largest absolute Gasteiger partial charge is 0.462 e. The number of rotatable bonds is 13. The van der Waals surface area contributed by atoms with Gasteiger partial charge in [0.05, 0.1) is 18.8 Å². The lowest BCUT2D eigenvalue weighted by molar-refractivity contribution is -0.139. The third-order valence-electron chi connectivity index (χ3n) is 4.84. The zero-order valence-electron chi connectivity index (χ0n) is 17.5. The number of carbonyl (C=O) groups excluding carboxylic acids is 2. The van der Waals surface area contributed by atoms with E-state index in [9.17, 15) is 9.59 Å². The fourth-order valence-electron chi connectivity index (χ4n) is 3.12. The maximum absolute atomic E-state index is 12.2. The highest BCUT2D eigenvalue weighted by Gasteiger charge is 2.07. The maximum atomic E-state index is 12.2. The molecule has 2 aromatic carbocycles. The van der Waals surface area contributed by atoms with E-state index in [-0.39, 0.29) is 11.9 Å². The molecule has 4 heteroatoms. The molecule has 0 N–H and O–H groups in total. The van der Waals surface area contributed by atoms with Gasteiger partial charge >= 0.3 is 11.9 Å². The summed E-state index contributed by atoms with van der Waals surface area (Å²) in [5.41, 5.74) is 1.06. The average molecular weight is 397 g/mol. The summed E-state index contributed by atoms with van der Waals surface area (Å²) in [4.78, 5) is 23.4. The molecule has 0 aliphatic carbocycles. The molecule has 0 radical (unpaired) electrons. The second kappa shape index (κ2) is 12.8. The van der Waals surface area contributed by atoms with Crippen molar-refractivity contribution >= 4 is 22.7 Å². The predicted molar refractivity (Wildman–Crippen MR) is 117 cm³/mol. The first kappa shape index (κ1) is 22.7. The van der Waals surface area contributed by atoms with Crippen LogP contribution in [-0.4, -0.2) is 25.2 Å². The number of benzene rings is 2. The Labute approximate surface area is 173 Å². The minimum Gasteiger partial charge on any atom is -0.462 e. The van der Waals surface area contributed by atoms with Crippen LogP contribution in [0.2, 0.25) is 0 Å². The number of hydrogen-bond acceptors (Lipinski definition) is 4. The van der Waals surface area contributed by atoms with E-state index in [0.717, 1.165) is 49.3 Å². The Balaban J connectivity index is 1.46. The van der Waals surface area contributed by atoms with Crippen LogP contribution in [0.25, 0.3) is 10.8 Å². The number of unbranched alkanes of at least 4 members (excludes halogenated alkanes) is 7. The van der Waals surface area contributed by atoms with E-state index >= 15 is 0 Å². The fourth-order valence-corrected chi connectivity index (χ4v) is 3.12. The molecule has 29 heavy (non-hydrogen) atoms. The van der Waals surface area contributed by atoms with Crippen LogP contribution in [0.3, 0.4) is 0 Å². The molecule has 0 unspecified atom stereocenters. The highest BCUT2D eigenvalue weighted by molar-refractivity contribution is 5.95. The Morgan fingerprint density at radius 3 is 1.93 bits per heavy atom. The van der Waals surface area contributed by atoms with Crippen LogP contribution in [0.4, 0.5) is 0 Å². The van der Waals surface area contributed by atoms with Crippen molar-refractivity contribution in [3.8, 4) is 0 Å². The van der Waals surface area contributed by atoms with Gasteiger partial charge in [0, 0.05) is 5.57 Å². The van der Waals surface area contributed by atoms with Crippen molar-refractivity contribution in [2.45, 2.75) is 58.3 Å². The Bertz CT molecular complexity index is 809. The minimum atomic E-state index is -0.300. The van der Waals surface area contributed by atoms with Gasteiger partial charge in [0.25, 0.3) is 0 Å². The molecule has 2 aromatic rings. The molecule has 0 aliphatic heterocycles. The maximum Gasteiger partial charge on any atom is 0.338 e. The zero-order chi connectivity index (χ0) is 20.9. The molecule has 0 atom stereocenters. The summed E-state index contributed by atoms with van der Waals surface area (Å²) in [5.74, 6) is -0.547. The van der Waals surface area contributed by atoms with Crippen LogP contribution in [0.15, 0.2) is 54.6 Å². The fraction of sp³-hybridized carbons (Fsp3) is 0.440. The van der Waals surface area contributed by atoms with Crippen LogP contribution in [-0.2, 0) is 14.3 Å². The van der Waals surface area contributed by atoms with Crippen molar-refractivity contribution in [1.82, 2.24) is 0 Å². The van der Waals surface area contributed by atoms with Gasteiger partial charge in [-0.25, -0.2) is 9.59 Å². The molecule has 0 amide bonds. The van der Waals surface area contributed by atoms with Gasteiger partial charge < -0.3 is 9.47 Å². The van der Waals surface area contributed by atoms with E-state index < -0.39 is 0 Å². The minimum absolute atomic E-state index is 0.247. The summed E-state index contributed by atoms with van der Waals surface area (Å²) < 4.78 is 10.5. The van der Waals surface area contributed by atoms with E-state index in [0.29, 0.717) is 24.4 Å². The van der Waals surface area contributed by atoms with Crippen molar-refractivity contribution in [3.05, 3.63) is 60.2 Å². The first-order valence-electron chi connectivity index (χ1n) is 10.6. The van der Waals surface area contributed by atoms with Crippen molar-refractivity contribution in [1.29, 1.82) is 0 Å². The van der Waals surface area contributed by atoms with Crippen molar-refractivity contribution in [2.24, 2.45) is 0 Å². The first-order chi connectivity index (χ1) is 14.1. The van der Waals surface area contributed by atoms with Crippen LogP contribution in [0.1, 0.15) is 68.6 Å². The molecule has 0 saturated carbocycles. The SMILES string of the molecule is C=C(C)C(=O)OCCCCCCCCCCOC(=O)c1ccc2ccccc2c1. The van der Waals surface area contributed by atoms with Crippen LogP contribution < -0.4 is 0 Å². The topological polar surface area (TPSA) is 52.6 Å². The van der Waals surface area contributed by atoms with E-state index in [2.05, 4.69) is 6.58 Å². The Hall–Kier alpha value is -2.62. The van der Waals surface area contributed by atoms with E-state index in [4.69, 9.17) is 9.47 Å². The van der Waals surface area contributed by atoms with Crippen molar-refractivity contribution in [3.63, 3.8) is 0 Å². The molecule has 2 rings (SSSR count). The number of ether oxygens (including phenoxy) is 2. The van der Waals surface area contributed by atoms with Gasteiger partial charge in [0.1, 0.15) is 0 Å². The average Bonchev–Trinajstić information content (AvgIpc) is 2.73. The molecule has 4 nitrogen and oxygen atoms in total. The molecule has 0 aromatic heterocycles. The van der Waals surface area contributed by atoms with Gasteiger partial charge in [0.15, 0.2) is 0 Å². The Morgan fingerprint density at radius 1 is 0.759 bits per heavy atom. The molecule has 0 bridgehead atoms. The third kappa shape index (κ3) is 8.51. The second-order valence-electron chi connectivity index (χ2n) is 7.44. The highest BCUT2D eigenvalue weighted by atomic mass is 16.5. The lowest BCUT2D eigenvalue weighted by Crippen LogP contribution is -2.06. The lowest BCUT2D eigenvalue weighted by atomic mass is 10.1. The monoisotopic (exact) mass is 396 g/mol. The normalized spacial score (nSPS) is 10.7. The number of carbonyl (C=O) groups is 2. The quantitative estimate of drug-likeness (QED) is 0.228. The summed E-state index contributed by atoms with van der Waals surface area (Å²) >= 11 is 0. The van der Waals surface area contributed by atoms with Crippen LogP contribution >= 0.6 is 0 Å². The molecule has 0 aliphatic rings. The van der Waals surface area contributed by atoms with E-state index in [1.54, 1.807) is 6.92 Å². The lowest BCUT2D eigenvalue weighted by Gasteiger charge is -2.06. The van der Waals surface area contributed by atoms with Gasteiger partial charge in [0.2, 0.25) is 0 Å². The van der Waals surface area contributed by atoms with E-state index in [1.165, 1.54) is 12.8 Å². The molecule has 0 saturated heterocycles. The van der Waals surface area contributed by atoms with Gasteiger partial charge in [-0.2, -0.15) is 0 Å². The van der Waals surface area contributed by atoms with Gasteiger partial charge in [-0.1, -0.05) is 75.4 Å². The molecule has 0 heterocycles. The summed E-state index contributed by atoms with van der Waals surface area (Å²) in [6.07, 6.45) is 8.63. The Kier molecular flexibility index (Phi) is 9.98. The van der Waals surface area contributed by atoms with Gasteiger partial charge in [-0.05, 0) is 42.7 Å². The summed E-state index contributed by atoms with van der Waals surface area (Å²) in [6, 6.07) is 13.7. The van der Waals surface area contributed by atoms with Crippen molar-refractivity contribution in [2.75, 3.05) is 13.2 Å². The summed E-state index contributed by atoms with van der Waals surface area (Å²) in [5, 5.41) is 2.17. The molecule has 0 fully saturated rings. The number of esters is 2. The zero-order valence-corrected chi connectivity index (χ0v) is 17.5. The molecular weight excluding hydrogens is 364 g/mol. The summed E-state index contributed by atoms with van der Waals surface area (Å²) in [6.45, 7) is 6.17. The second-order valence-corrected chi connectivity index (χ2v) is 7.44. The third-order valence-corrected chi connectivity index (χ3v) is 4.84. The Morgan fingerprint density at radius 2 is 1.31 bits per heavy atom. The number of hydrogen-bond donors (Lipinski definition) is 0. The smallest absolute Gasteiger partial charge is 0.338 e.